The van der Waals surface area contributed by atoms with E-state index in [-0.39, 0.29) is 12.2 Å². The molecule has 0 N–H and O–H groups in total. The maximum atomic E-state index is 13.4. The highest BCUT2D eigenvalue weighted by molar-refractivity contribution is 6.00. The fourth-order valence-corrected chi connectivity index (χ4v) is 3.39. The van der Waals surface area contributed by atoms with Crippen LogP contribution in [0.1, 0.15) is 38.3 Å². The zero-order valence-corrected chi connectivity index (χ0v) is 18.1. The number of alkyl halides is 3. The molecule has 2 amide bonds. The van der Waals surface area contributed by atoms with Crippen LogP contribution in [0.25, 0.3) is 5.57 Å². The van der Waals surface area contributed by atoms with Gasteiger partial charge in [0.2, 0.25) is 0 Å². The first-order chi connectivity index (χ1) is 15.0. The van der Waals surface area contributed by atoms with Gasteiger partial charge in [0, 0.05) is 18.3 Å². The Morgan fingerprint density at radius 3 is 2.25 bits per heavy atom. The third kappa shape index (κ3) is 5.69. The minimum absolute atomic E-state index is 0.135. The summed E-state index contributed by atoms with van der Waals surface area (Å²) in [5, 5.41) is 0. The average molecular weight is 446 g/mol. The van der Waals surface area contributed by atoms with Gasteiger partial charge in [-0.2, -0.15) is 13.2 Å². The summed E-state index contributed by atoms with van der Waals surface area (Å²) in [4.78, 5) is 26.9. The van der Waals surface area contributed by atoms with Crippen LogP contribution >= 0.6 is 0 Å². The molecule has 0 bridgehead atoms. The number of ether oxygens (including phenoxy) is 1. The summed E-state index contributed by atoms with van der Waals surface area (Å²) in [5.41, 5.74) is 1.15. The van der Waals surface area contributed by atoms with Gasteiger partial charge < -0.3 is 4.74 Å². The van der Waals surface area contributed by atoms with Crippen LogP contribution in [0.4, 0.5) is 23.7 Å². The maximum absolute atomic E-state index is 13.4. The van der Waals surface area contributed by atoms with E-state index in [0.717, 1.165) is 4.90 Å². The van der Waals surface area contributed by atoms with E-state index >= 15 is 0 Å². The maximum Gasteiger partial charge on any atom is 0.471 e. The molecule has 1 heterocycles. The SMILES string of the molecule is CC(C)(C)OC(=O)N1C=C(c2ccccc2N(Cc2ccccc2)C(=O)C(F)(F)F)CC1. The number of hydrogen-bond acceptors (Lipinski definition) is 3. The van der Waals surface area contributed by atoms with Crippen molar-refractivity contribution in [2.24, 2.45) is 0 Å². The van der Waals surface area contributed by atoms with Crippen molar-refractivity contribution in [2.75, 3.05) is 11.4 Å². The van der Waals surface area contributed by atoms with Gasteiger partial charge in [-0.25, -0.2) is 4.79 Å². The molecule has 2 aromatic rings. The summed E-state index contributed by atoms with van der Waals surface area (Å²) in [6.07, 6.45) is -3.56. The zero-order valence-electron chi connectivity index (χ0n) is 18.1. The molecule has 0 aliphatic carbocycles. The molecule has 0 atom stereocenters. The molecule has 0 fully saturated rings. The summed E-state index contributed by atoms with van der Waals surface area (Å²) in [7, 11) is 0. The van der Waals surface area contributed by atoms with Gasteiger partial charge in [0.1, 0.15) is 5.60 Å². The van der Waals surface area contributed by atoms with Gasteiger partial charge in [-0.3, -0.25) is 14.6 Å². The summed E-state index contributed by atoms with van der Waals surface area (Å²) in [6.45, 7) is 5.37. The lowest BCUT2D eigenvalue weighted by Crippen LogP contribution is -2.41. The first-order valence-corrected chi connectivity index (χ1v) is 10.2. The number of amides is 2. The van der Waals surface area contributed by atoms with E-state index in [4.69, 9.17) is 4.74 Å². The van der Waals surface area contributed by atoms with Crippen LogP contribution in [0.5, 0.6) is 0 Å². The Bertz CT molecular complexity index is 1010. The molecule has 8 heteroatoms. The Hall–Kier alpha value is -3.29. The van der Waals surface area contributed by atoms with Crippen LogP contribution in [0.2, 0.25) is 0 Å². The fraction of sp³-hybridized carbons (Fsp3) is 0.333. The predicted octanol–water partition coefficient (Wildman–Crippen LogP) is 5.76. The van der Waals surface area contributed by atoms with Crippen molar-refractivity contribution in [3.8, 4) is 0 Å². The number of nitrogens with zero attached hydrogens (tertiary/aromatic N) is 2. The molecule has 3 rings (SSSR count). The van der Waals surface area contributed by atoms with E-state index in [1.165, 1.54) is 11.0 Å². The number of hydrogen-bond donors (Lipinski definition) is 0. The van der Waals surface area contributed by atoms with Crippen molar-refractivity contribution in [3.05, 3.63) is 71.9 Å². The van der Waals surface area contributed by atoms with E-state index in [9.17, 15) is 22.8 Å². The minimum atomic E-state index is -5.03. The van der Waals surface area contributed by atoms with Gasteiger partial charge in [0.15, 0.2) is 0 Å². The second-order valence-electron chi connectivity index (χ2n) is 8.47. The molecule has 1 aliphatic heterocycles. The van der Waals surface area contributed by atoms with Gasteiger partial charge in [-0.05, 0) is 44.4 Å². The summed E-state index contributed by atoms with van der Waals surface area (Å²) < 4.78 is 45.7. The Kier molecular flexibility index (Phi) is 6.62. The lowest BCUT2D eigenvalue weighted by atomic mass is 10.0. The predicted molar refractivity (Wildman–Crippen MR) is 116 cm³/mol. The smallest absolute Gasteiger partial charge is 0.443 e. The van der Waals surface area contributed by atoms with Crippen molar-refractivity contribution in [1.29, 1.82) is 0 Å². The Morgan fingerprint density at radius 1 is 1.00 bits per heavy atom. The lowest BCUT2D eigenvalue weighted by Gasteiger charge is -2.26. The molecule has 32 heavy (non-hydrogen) atoms. The quantitative estimate of drug-likeness (QED) is 0.600. The monoisotopic (exact) mass is 446 g/mol. The van der Waals surface area contributed by atoms with Crippen LogP contribution < -0.4 is 4.90 Å². The minimum Gasteiger partial charge on any atom is -0.443 e. The first kappa shape index (κ1) is 23.4. The topological polar surface area (TPSA) is 49.9 Å². The highest BCUT2D eigenvalue weighted by atomic mass is 19.4. The number of carbonyl (C=O) groups is 2. The normalized spacial score (nSPS) is 14.2. The van der Waals surface area contributed by atoms with Gasteiger partial charge in [0.25, 0.3) is 0 Å². The molecule has 5 nitrogen and oxygen atoms in total. The van der Waals surface area contributed by atoms with Crippen molar-refractivity contribution in [1.82, 2.24) is 4.90 Å². The van der Waals surface area contributed by atoms with Crippen LogP contribution in [-0.4, -0.2) is 35.2 Å². The third-order valence-corrected chi connectivity index (χ3v) is 4.77. The van der Waals surface area contributed by atoms with Crippen LogP contribution in [-0.2, 0) is 16.1 Å². The van der Waals surface area contributed by atoms with E-state index in [0.29, 0.717) is 29.7 Å². The van der Waals surface area contributed by atoms with E-state index in [2.05, 4.69) is 0 Å². The van der Waals surface area contributed by atoms with Gasteiger partial charge in [0.05, 0.1) is 12.2 Å². The highest BCUT2D eigenvalue weighted by Gasteiger charge is 2.43. The second-order valence-corrected chi connectivity index (χ2v) is 8.47. The summed E-state index contributed by atoms with van der Waals surface area (Å²) in [6, 6.07) is 14.9. The second kappa shape index (κ2) is 9.06. The number of para-hydroxylation sites is 1. The van der Waals surface area contributed by atoms with Crippen LogP contribution in [0, 0.1) is 0 Å². The molecule has 0 radical (unpaired) electrons. The lowest BCUT2D eigenvalue weighted by molar-refractivity contribution is -0.170. The van der Waals surface area contributed by atoms with Crippen LogP contribution in [0.15, 0.2) is 60.8 Å². The van der Waals surface area contributed by atoms with Crippen LogP contribution in [0.3, 0.4) is 0 Å². The Morgan fingerprint density at radius 2 is 1.62 bits per heavy atom. The first-order valence-electron chi connectivity index (χ1n) is 10.2. The van der Waals surface area contributed by atoms with E-state index in [1.54, 1.807) is 75.5 Å². The largest absolute Gasteiger partial charge is 0.471 e. The fourth-order valence-electron chi connectivity index (χ4n) is 3.39. The standard InChI is InChI=1S/C24H25F3N2O3/c1-23(2,3)32-22(31)28-14-13-18(16-28)19-11-7-8-12-20(19)29(21(30)24(25,26)27)15-17-9-5-4-6-10-17/h4-12,16H,13-15H2,1-3H3. The van der Waals surface area contributed by atoms with Crippen molar-refractivity contribution < 1.29 is 27.5 Å². The van der Waals surface area contributed by atoms with Crippen molar-refractivity contribution in [3.63, 3.8) is 0 Å². The highest BCUT2D eigenvalue weighted by Crippen LogP contribution is 2.35. The van der Waals surface area contributed by atoms with Crippen molar-refractivity contribution >= 4 is 23.3 Å². The number of benzene rings is 2. The molecular formula is C24H25F3N2O3. The van der Waals surface area contributed by atoms with Gasteiger partial charge in [-0.15, -0.1) is 0 Å². The van der Waals surface area contributed by atoms with Gasteiger partial charge in [-0.1, -0.05) is 48.5 Å². The summed E-state index contributed by atoms with van der Waals surface area (Å²) >= 11 is 0. The molecule has 0 aromatic heterocycles. The summed E-state index contributed by atoms with van der Waals surface area (Å²) in [5.74, 6) is -1.95. The zero-order chi connectivity index (χ0) is 23.5. The molecule has 0 saturated heterocycles. The molecular weight excluding hydrogens is 421 g/mol. The molecule has 0 unspecified atom stereocenters. The van der Waals surface area contributed by atoms with Crippen molar-refractivity contribution in [2.45, 2.75) is 45.5 Å². The Labute approximate surface area is 185 Å². The van der Waals surface area contributed by atoms with Gasteiger partial charge >= 0.3 is 18.2 Å². The van der Waals surface area contributed by atoms with E-state index in [1.807, 2.05) is 0 Å². The molecule has 170 valence electrons. The molecule has 0 spiro atoms. The molecule has 0 saturated carbocycles. The number of halogens is 3. The molecule has 1 aliphatic rings. The Balaban J connectivity index is 1.97. The average Bonchev–Trinajstić information content (AvgIpc) is 3.21. The molecule has 2 aromatic carbocycles. The number of carbonyl (C=O) groups excluding carboxylic acids is 2. The third-order valence-electron chi connectivity index (χ3n) is 4.77. The number of anilines is 1. The number of rotatable bonds is 4. The van der Waals surface area contributed by atoms with E-state index < -0.39 is 23.8 Å².